The number of Topliss-reactive ketones (excluding diaryl/α,β-unsaturated/α-hetero) is 1. The molecule has 1 aliphatic carbocycles. The van der Waals surface area contributed by atoms with Crippen molar-refractivity contribution in [3.05, 3.63) is 75.2 Å². The Kier molecular flexibility index (Phi) is 3.73. The number of fused-ring (bicyclic) bond motifs is 2. The number of ketones is 1. The number of aromatic nitrogens is 4. The molecule has 0 bridgehead atoms. The number of nitrogens with two attached hydrogens (primary N) is 1. The van der Waals surface area contributed by atoms with Gasteiger partial charge in [0, 0.05) is 16.5 Å². The Morgan fingerprint density at radius 1 is 1.29 bits per heavy atom. The predicted molar refractivity (Wildman–Crippen MR) is 113 cm³/mol. The number of carbonyl (C=O) groups is 1. The van der Waals surface area contributed by atoms with Crippen LogP contribution in [-0.2, 0) is 6.42 Å². The molecular formula is C21H16BrN5O. The summed E-state index contributed by atoms with van der Waals surface area (Å²) in [6.07, 6.45) is 4.06. The number of nitrogen functional groups attached to an aromatic ring is 1. The number of allylic oxidation sites excluding steroid dienone is 1. The fourth-order valence-corrected chi connectivity index (χ4v) is 4.16. The van der Waals surface area contributed by atoms with Gasteiger partial charge in [0.25, 0.3) is 0 Å². The number of nitrogens with one attached hydrogen (secondary N) is 1. The first-order valence-corrected chi connectivity index (χ1v) is 9.63. The summed E-state index contributed by atoms with van der Waals surface area (Å²) in [5.41, 5.74) is 12.2. The minimum atomic E-state index is -0.0923. The van der Waals surface area contributed by atoms with Gasteiger partial charge in [-0.2, -0.15) is 5.10 Å². The van der Waals surface area contributed by atoms with Crippen molar-refractivity contribution < 1.29 is 4.79 Å². The van der Waals surface area contributed by atoms with Crippen molar-refractivity contribution in [2.45, 2.75) is 13.3 Å². The summed E-state index contributed by atoms with van der Waals surface area (Å²) in [6, 6.07) is 11.7. The number of aryl methyl sites for hydroxylation is 1. The molecular weight excluding hydrogens is 418 g/mol. The Hall–Kier alpha value is -3.19. The second-order valence-corrected chi connectivity index (χ2v) is 7.72. The van der Waals surface area contributed by atoms with E-state index in [2.05, 4.69) is 31.0 Å². The monoisotopic (exact) mass is 433 g/mol. The van der Waals surface area contributed by atoms with E-state index in [1.54, 1.807) is 10.9 Å². The van der Waals surface area contributed by atoms with Crippen LogP contribution in [0.1, 0.15) is 27.3 Å². The van der Waals surface area contributed by atoms with Gasteiger partial charge in [-0.15, -0.1) is 0 Å². The number of benzene rings is 2. The van der Waals surface area contributed by atoms with Gasteiger partial charge in [-0.05, 0) is 48.4 Å². The van der Waals surface area contributed by atoms with Crippen LogP contribution in [0.5, 0.6) is 0 Å². The van der Waals surface area contributed by atoms with E-state index in [9.17, 15) is 4.79 Å². The summed E-state index contributed by atoms with van der Waals surface area (Å²) in [4.78, 5) is 20.7. The molecule has 0 saturated carbocycles. The van der Waals surface area contributed by atoms with Crippen LogP contribution < -0.4 is 5.73 Å². The zero-order chi connectivity index (χ0) is 19.4. The first kappa shape index (κ1) is 16.9. The van der Waals surface area contributed by atoms with E-state index in [0.29, 0.717) is 23.4 Å². The minimum Gasteiger partial charge on any atom is -0.383 e. The van der Waals surface area contributed by atoms with E-state index in [0.717, 1.165) is 38.1 Å². The molecule has 3 N–H and O–H groups in total. The first-order valence-electron chi connectivity index (χ1n) is 8.84. The molecule has 5 rings (SSSR count). The lowest BCUT2D eigenvalue weighted by Crippen LogP contribution is -2.08. The van der Waals surface area contributed by atoms with E-state index in [4.69, 9.17) is 5.73 Å². The van der Waals surface area contributed by atoms with Crippen LogP contribution in [0, 0.1) is 6.92 Å². The van der Waals surface area contributed by atoms with Crippen molar-refractivity contribution in [1.82, 2.24) is 19.7 Å². The largest absolute Gasteiger partial charge is 0.383 e. The summed E-state index contributed by atoms with van der Waals surface area (Å²) in [7, 11) is 0. The molecule has 6 nitrogen and oxygen atoms in total. The molecule has 4 aromatic rings. The average molecular weight is 434 g/mol. The molecule has 0 spiro atoms. The number of carbonyl (C=O) groups excluding carboxylic acids is 1. The third-order valence-electron chi connectivity index (χ3n) is 5.01. The predicted octanol–water partition coefficient (Wildman–Crippen LogP) is 4.22. The summed E-state index contributed by atoms with van der Waals surface area (Å²) in [6.45, 7) is 1.91. The number of H-pyrrole nitrogens is 1. The van der Waals surface area contributed by atoms with Gasteiger partial charge in [0.1, 0.15) is 11.6 Å². The standard InChI is InChI=1S/C21H16BrN5O/c1-11-25-18-6-5-14(9-19(18)26-11)27-21(23)16(10-24-27)20(28)13-7-12-3-2-4-17(22)15(12)8-13/h2-6,8-10H,7,23H2,1H3,(H,25,26). The van der Waals surface area contributed by atoms with E-state index in [-0.39, 0.29) is 5.78 Å². The van der Waals surface area contributed by atoms with Crippen molar-refractivity contribution >= 4 is 44.6 Å². The van der Waals surface area contributed by atoms with Crippen molar-refractivity contribution in [1.29, 1.82) is 0 Å². The molecule has 2 aromatic carbocycles. The smallest absolute Gasteiger partial charge is 0.194 e. The Bertz CT molecular complexity index is 1300. The van der Waals surface area contributed by atoms with Crippen LogP contribution in [0.15, 0.2) is 52.6 Å². The second-order valence-electron chi connectivity index (χ2n) is 6.87. The fraction of sp³-hybridized carbons (Fsp3) is 0.0952. The highest BCUT2D eigenvalue weighted by Crippen LogP contribution is 2.33. The number of hydrogen-bond acceptors (Lipinski definition) is 4. The van der Waals surface area contributed by atoms with Crippen LogP contribution in [0.3, 0.4) is 0 Å². The van der Waals surface area contributed by atoms with E-state index in [1.807, 2.05) is 49.4 Å². The number of halogens is 1. The second kappa shape index (κ2) is 6.17. The zero-order valence-electron chi connectivity index (χ0n) is 15.0. The van der Waals surface area contributed by atoms with Crippen molar-refractivity contribution in [2.75, 3.05) is 5.73 Å². The Morgan fingerprint density at radius 2 is 2.14 bits per heavy atom. The molecule has 0 amide bonds. The summed E-state index contributed by atoms with van der Waals surface area (Å²) >= 11 is 3.55. The molecule has 2 heterocycles. The lowest BCUT2D eigenvalue weighted by atomic mass is 10.0. The van der Waals surface area contributed by atoms with E-state index < -0.39 is 0 Å². The fourth-order valence-electron chi connectivity index (χ4n) is 3.64. The maximum absolute atomic E-state index is 13.1. The number of anilines is 1. The third-order valence-corrected chi connectivity index (χ3v) is 5.71. The average Bonchev–Trinajstić information content (AvgIpc) is 3.36. The minimum absolute atomic E-state index is 0.0923. The Morgan fingerprint density at radius 3 is 2.96 bits per heavy atom. The third kappa shape index (κ3) is 2.58. The highest BCUT2D eigenvalue weighted by Gasteiger charge is 2.24. The van der Waals surface area contributed by atoms with Gasteiger partial charge in [-0.1, -0.05) is 28.1 Å². The maximum atomic E-state index is 13.1. The molecule has 0 atom stereocenters. The molecule has 0 aliphatic heterocycles. The van der Waals surface area contributed by atoms with Gasteiger partial charge in [0.05, 0.1) is 28.5 Å². The number of aromatic amines is 1. The topological polar surface area (TPSA) is 89.6 Å². The van der Waals surface area contributed by atoms with Crippen LogP contribution in [-0.4, -0.2) is 25.5 Å². The molecule has 7 heteroatoms. The summed E-state index contributed by atoms with van der Waals surface area (Å²) in [5.74, 6) is 1.08. The molecule has 0 saturated heterocycles. The maximum Gasteiger partial charge on any atom is 0.194 e. The molecule has 2 aromatic heterocycles. The normalized spacial score (nSPS) is 13.0. The van der Waals surface area contributed by atoms with Gasteiger partial charge >= 0.3 is 0 Å². The van der Waals surface area contributed by atoms with Gasteiger partial charge in [0.2, 0.25) is 0 Å². The van der Waals surface area contributed by atoms with Crippen molar-refractivity contribution in [3.63, 3.8) is 0 Å². The first-order chi connectivity index (χ1) is 13.5. The summed E-state index contributed by atoms with van der Waals surface area (Å²) < 4.78 is 2.57. The number of hydrogen-bond donors (Lipinski definition) is 2. The molecule has 0 radical (unpaired) electrons. The van der Waals surface area contributed by atoms with Gasteiger partial charge in [-0.25, -0.2) is 9.67 Å². The number of nitrogens with zero attached hydrogens (tertiary/aromatic N) is 3. The van der Waals surface area contributed by atoms with Crippen LogP contribution >= 0.6 is 15.9 Å². The molecule has 1 aliphatic rings. The van der Waals surface area contributed by atoms with Gasteiger partial charge < -0.3 is 10.7 Å². The van der Waals surface area contributed by atoms with Crippen LogP contribution in [0.4, 0.5) is 5.82 Å². The lowest BCUT2D eigenvalue weighted by molar-refractivity contribution is 0.103. The van der Waals surface area contributed by atoms with Crippen molar-refractivity contribution in [2.24, 2.45) is 0 Å². The number of imidazole rings is 1. The van der Waals surface area contributed by atoms with E-state index >= 15 is 0 Å². The Labute approximate surface area is 169 Å². The quantitative estimate of drug-likeness (QED) is 0.473. The van der Waals surface area contributed by atoms with Gasteiger partial charge in [-0.3, -0.25) is 4.79 Å². The van der Waals surface area contributed by atoms with Crippen LogP contribution in [0.2, 0.25) is 0 Å². The van der Waals surface area contributed by atoms with Gasteiger partial charge in [0.15, 0.2) is 5.78 Å². The molecule has 138 valence electrons. The SMILES string of the molecule is Cc1nc2ccc(-n3ncc(C(=O)C4=Cc5c(Br)cccc5C4)c3N)cc2[nH]1. The van der Waals surface area contributed by atoms with Crippen LogP contribution in [0.25, 0.3) is 22.8 Å². The molecule has 0 fully saturated rings. The number of rotatable bonds is 3. The highest BCUT2D eigenvalue weighted by atomic mass is 79.9. The Balaban J connectivity index is 1.51. The summed E-state index contributed by atoms with van der Waals surface area (Å²) in [5, 5.41) is 4.36. The molecule has 28 heavy (non-hydrogen) atoms. The zero-order valence-corrected chi connectivity index (χ0v) is 16.6. The van der Waals surface area contributed by atoms with Crippen molar-refractivity contribution in [3.8, 4) is 5.69 Å². The van der Waals surface area contributed by atoms with E-state index in [1.165, 1.54) is 0 Å². The highest BCUT2D eigenvalue weighted by molar-refractivity contribution is 9.10. The molecule has 0 unspecified atom stereocenters. The lowest BCUT2D eigenvalue weighted by Gasteiger charge is -2.05.